The number of pyridine rings is 1. The molecule has 39 heavy (non-hydrogen) atoms. The number of rotatable bonds is 8. The fourth-order valence-electron chi connectivity index (χ4n) is 4.74. The number of imidazole rings is 1. The minimum Gasteiger partial charge on any atom is -0.336 e. The number of H-pyrrole nitrogens is 2. The van der Waals surface area contributed by atoms with Gasteiger partial charge in [0.1, 0.15) is 16.9 Å². The summed E-state index contributed by atoms with van der Waals surface area (Å²) in [5, 5.41) is 8.42. The number of halogens is 1. The number of aromatic amines is 2. The van der Waals surface area contributed by atoms with Crippen LogP contribution in [0.3, 0.4) is 0 Å². The van der Waals surface area contributed by atoms with Gasteiger partial charge in [0.2, 0.25) is 0 Å². The van der Waals surface area contributed by atoms with E-state index in [1.807, 2.05) is 31.2 Å². The van der Waals surface area contributed by atoms with Gasteiger partial charge in [-0.3, -0.25) is 10.1 Å². The van der Waals surface area contributed by atoms with Crippen LogP contribution in [0, 0.1) is 5.13 Å². The number of benzene rings is 2. The molecule has 7 heteroatoms. The molecule has 0 aliphatic carbocycles. The van der Waals surface area contributed by atoms with Crippen LogP contribution in [-0.2, 0) is 6.42 Å². The summed E-state index contributed by atoms with van der Waals surface area (Å²) in [5.74, 6) is 0.631. The molecule has 192 valence electrons. The van der Waals surface area contributed by atoms with E-state index in [1.54, 1.807) is 12.3 Å². The van der Waals surface area contributed by atoms with Gasteiger partial charge in [0, 0.05) is 11.6 Å². The van der Waals surface area contributed by atoms with E-state index in [0.717, 1.165) is 62.3 Å². The predicted octanol–water partition coefficient (Wildman–Crippen LogP) is 8.52. The van der Waals surface area contributed by atoms with Crippen LogP contribution in [0.15, 0.2) is 103 Å². The molecule has 6 rings (SSSR count). The molecule has 0 unspecified atom stereocenters. The highest BCUT2D eigenvalue weighted by molar-refractivity contribution is 7.13. The molecular formula is C32H26FN5S. The summed E-state index contributed by atoms with van der Waals surface area (Å²) in [5.41, 5.74) is 8.49. The van der Waals surface area contributed by atoms with Crippen molar-refractivity contribution < 1.29 is 4.39 Å². The summed E-state index contributed by atoms with van der Waals surface area (Å²) in [6.07, 6.45) is 9.84. The lowest BCUT2D eigenvalue weighted by atomic mass is 9.97. The lowest BCUT2D eigenvalue weighted by molar-refractivity contribution is 0.657. The second-order valence-corrected chi connectivity index (χ2v) is 10.3. The summed E-state index contributed by atoms with van der Waals surface area (Å²) in [6, 6.07) is 21.8. The van der Waals surface area contributed by atoms with Gasteiger partial charge in [-0.2, -0.15) is 9.49 Å². The number of thiophene rings is 1. The molecule has 0 amide bonds. The van der Waals surface area contributed by atoms with E-state index in [4.69, 9.17) is 4.98 Å². The Morgan fingerprint density at radius 1 is 1.03 bits per heavy atom. The van der Waals surface area contributed by atoms with Crippen molar-refractivity contribution in [2.75, 3.05) is 0 Å². The fourth-order valence-corrected chi connectivity index (χ4v) is 5.47. The quantitative estimate of drug-likeness (QED) is 0.193. The van der Waals surface area contributed by atoms with Crippen LogP contribution in [0.2, 0.25) is 0 Å². The monoisotopic (exact) mass is 531 g/mol. The number of aryl methyl sites for hydroxylation is 1. The van der Waals surface area contributed by atoms with E-state index in [9.17, 15) is 4.39 Å². The number of aromatic nitrogens is 5. The average Bonchev–Trinajstić information content (AvgIpc) is 3.71. The summed E-state index contributed by atoms with van der Waals surface area (Å²) < 4.78 is 13.7. The van der Waals surface area contributed by atoms with Crippen molar-refractivity contribution >= 4 is 38.8 Å². The summed E-state index contributed by atoms with van der Waals surface area (Å²) >= 11 is 1.06. The number of nitrogens with one attached hydrogen (secondary N) is 2. The van der Waals surface area contributed by atoms with Gasteiger partial charge in [0.05, 0.1) is 15.9 Å². The second kappa shape index (κ2) is 10.6. The van der Waals surface area contributed by atoms with Crippen LogP contribution in [0.25, 0.3) is 49.6 Å². The van der Waals surface area contributed by atoms with Gasteiger partial charge in [0.25, 0.3) is 0 Å². The Balaban J connectivity index is 1.35. The van der Waals surface area contributed by atoms with Crippen LogP contribution in [0.5, 0.6) is 0 Å². The smallest absolute Gasteiger partial charge is 0.177 e. The van der Waals surface area contributed by atoms with Crippen molar-refractivity contribution in [3.8, 4) is 22.1 Å². The molecule has 0 saturated carbocycles. The van der Waals surface area contributed by atoms with E-state index >= 15 is 0 Å². The topological polar surface area (TPSA) is 70.2 Å². The van der Waals surface area contributed by atoms with E-state index in [2.05, 4.69) is 75.3 Å². The van der Waals surface area contributed by atoms with Gasteiger partial charge in [-0.15, -0.1) is 11.3 Å². The summed E-state index contributed by atoms with van der Waals surface area (Å²) in [4.78, 5) is 13.4. The lowest BCUT2D eigenvalue weighted by Gasteiger charge is -2.07. The standard InChI is InChI=1S/C32H26FN5S/c1-3-20(10-11-21-8-6-5-7-9-21)18-22(4-2)23-12-13-25-24(19-23)29(38-37-25)32-35-26-16-17-34-31(30(26)36-32)27-14-15-28(33)39-27/h3-9,12-19H,1,10-11H2,2H3,(H,35,36)(H,37,38)/b20-18+,22-4+. The molecule has 0 spiro atoms. The van der Waals surface area contributed by atoms with Crippen LogP contribution < -0.4 is 0 Å². The van der Waals surface area contributed by atoms with Gasteiger partial charge in [0.15, 0.2) is 11.0 Å². The van der Waals surface area contributed by atoms with E-state index < -0.39 is 0 Å². The Hall–Kier alpha value is -4.62. The first-order valence-electron chi connectivity index (χ1n) is 12.8. The first-order valence-corrected chi connectivity index (χ1v) is 13.6. The Kier molecular flexibility index (Phi) is 6.73. The maximum Gasteiger partial charge on any atom is 0.177 e. The third-order valence-corrected chi connectivity index (χ3v) is 7.67. The number of hydrogen-bond acceptors (Lipinski definition) is 4. The fraction of sp³-hybridized carbons (Fsp3) is 0.0938. The molecule has 0 aliphatic rings. The summed E-state index contributed by atoms with van der Waals surface area (Å²) in [6.45, 7) is 6.10. The zero-order chi connectivity index (χ0) is 26.8. The molecule has 5 nitrogen and oxygen atoms in total. The second-order valence-electron chi connectivity index (χ2n) is 9.23. The van der Waals surface area contributed by atoms with Gasteiger partial charge in [-0.1, -0.05) is 61.2 Å². The van der Waals surface area contributed by atoms with Crippen molar-refractivity contribution in [2.24, 2.45) is 0 Å². The minimum absolute atomic E-state index is 0.251. The predicted molar refractivity (Wildman–Crippen MR) is 159 cm³/mol. The van der Waals surface area contributed by atoms with Crippen molar-refractivity contribution in [3.63, 3.8) is 0 Å². The van der Waals surface area contributed by atoms with Crippen LogP contribution in [0.4, 0.5) is 4.39 Å². The van der Waals surface area contributed by atoms with Crippen LogP contribution in [-0.4, -0.2) is 25.1 Å². The van der Waals surface area contributed by atoms with Crippen molar-refractivity contribution in [2.45, 2.75) is 19.8 Å². The Bertz CT molecular complexity index is 1860. The SMILES string of the molecule is C=C/C(=C\C(=C/C)c1ccc2[nH]nc(-c3nc4c(-c5ccc(F)s5)nccc4[nH]3)c2c1)CCc1ccccc1. The number of fused-ring (bicyclic) bond motifs is 2. The third-order valence-electron chi connectivity index (χ3n) is 6.79. The van der Waals surface area contributed by atoms with Gasteiger partial charge < -0.3 is 4.98 Å². The number of hydrogen-bond donors (Lipinski definition) is 2. The van der Waals surface area contributed by atoms with Crippen LogP contribution >= 0.6 is 11.3 Å². The van der Waals surface area contributed by atoms with E-state index in [-0.39, 0.29) is 5.13 Å². The Morgan fingerprint density at radius 3 is 2.67 bits per heavy atom. The minimum atomic E-state index is -0.251. The first-order chi connectivity index (χ1) is 19.1. The average molecular weight is 532 g/mol. The molecule has 4 aromatic heterocycles. The third kappa shape index (κ3) is 4.96. The highest BCUT2D eigenvalue weighted by Crippen LogP contribution is 2.34. The van der Waals surface area contributed by atoms with Crippen molar-refractivity contribution in [3.05, 3.63) is 120 Å². The molecule has 2 N–H and O–H groups in total. The highest BCUT2D eigenvalue weighted by Gasteiger charge is 2.17. The zero-order valence-corrected chi connectivity index (χ0v) is 22.2. The maximum atomic E-state index is 13.7. The van der Waals surface area contributed by atoms with E-state index in [0.29, 0.717) is 17.0 Å². The molecule has 0 aliphatic heterocycles. The lowest BCUT2D eigenvalue weighted by Crippen LogP contribution is -1.89. The largest absolute Gasteiger partial charge is 0.336 e. The van der Waals surface area contributed by atoms with Gasteiger partial charge >= 0.3 is 0 Å². The van der Waals surface area contributed by atoms with Gasteiger partial charge in [-0.25, -0.2) is 4.98 Å². The van der Waals surface area contributed by atoms with Crippen molar-refractivity contribution in [1.29, 1.82) is 0 Å². The highest BCUT2D eigenvalue weighted by atomic mass is 32.1. The van der Waals surface area contributed by atoms with Gasteiger partial charge in [-0.05, 0) is 72.4 Å². The number of allylic oxidation sites excluding steroid dienone is 5. The van der Waals surface area contributed by atoms with Crippen molar-refractivity contribution in [1.82, 2.24) is 25.1 Å². The Labute approximate surface area is 229 Å². The molecule has 4 heterocycles. The Morgan fingerprint density at radius 2 is 1.90 bits per heavy atom. The molecule has 0 saturated heterocycles. The maximum absolute atomic E-state index is 13.7. The number of nitrogens with zero attached hydrogens (tertiary/aromatic N) is 3. The molecule has 0 bridgehead atoms. The molecule has 0 fully saturated rings. The molecule has 0 atom stereocenters. The normalized spacial score (nSPS) is 12.5. The zero-order valence-electron chi connectivity index (χ0n) is 21.4. The summed E-state index contributed by atoms with van der Waals surface area (Å²) in [7, 11) is 0. The van der Waals surface area contributed by atoms with Crippen LogP contribution in [0.1, 0.15) is 24.5 Å². The first kappa shape index (κ1) is 24.7. The molecule has 2 aromatic carbocycles. The van der Waals surface area contributed by atoms with E-state index in [1.165, 1.54) is 17.2 Å². The molecule has 6 aromatic rings. The molecule has 0 radical (unpaired) electrons. The molecular weight excluding hydrogens is 505 g/mol.